The molecule has 0 N–H and O–H groups in total. The van der Waals surface area contributed by atoms with Gasteiger partial charge in [0.15, 0.2) is 0 Å². The zero-order chi connectivity index (χ0) is 19.1. The third-order valence-electron chi connectivity index (χ3n) is 5.51. The third kappa shape index (κ3) is 3.68. The van der Waals surface area contributed by atoms with E-state index in [0.29, 0.717) is 6.54 Å². The molecule has 5 heteroatoms. The van der Waals surface area contributed by atoms with E-state index in [1.165, 1.54) is 5.56 Å². The second-order valence-electron chi connectivity index (χ2n) is 8.42. The van der Waals surface area contributed by atoms with Crippen LogP contribution in [0.2, 0.25) is 5.02 Å². The number of carbonyl (C=O) groups is 1. The molecule has 2 atom stereocenters. The maximum absolute atomic E-state index is 13.0. The zero-order valence-corrected chi connectivity index (χ0v) is 18.1. The first-order valence-electron chi connectivity index (χ1n) is 9.22. The van der Waals surface area contributed by atoms with E-state index in [0.717, 1.165) is 36.3 Å². The molecule has 0 radical (unpaired) electrons. The maximum Gasteiger partial charge on any atom is 0.410 e. The minimum absolute atomic E-state index is 0.0644. The summed E-state index contributed by atoms with van der Waals surface area (Å²) in [5.74, 6) is 0. The third-order valence-corrected chi connectivity index (χ3v) is 6.80. The number of piperidine rings is 1. The molecular weight excluding hydrogens is 414 g/mol. The maximum atomic E-state index is 13.0. The number of benzene rings is 1. The summed E-state index contributed by atoms with van der Waals surface area (Å²) in [6.45, 7) is 10.8. The predicted molar refractivity (Wildman–Crippen MR) is 110 cm³/mol. The first kappa shape index (κ1) is 19.8. The van der Waals surface area contributed by atoms with Crippen LogP contribution in [0.15, 0.2) is 36.4 Å². The molecule has 3 rings (SSSR count). The molecule has 0 aromatic heterocycles. The summed E-state index contributed by atoms with van der Waals surface area (Å²) < 4.78 is 5.72. The standard InChI is InChI=1S/C21H27BrClNO2/c1-14-17(22)10-13-24(19(25)26-20(2,3)4)18(14)21(11-5-12-21)15-6-8-16(23)9-7-15/h6-9,17-18H,1,5,10-13H2,2-4H3. The number of nitrogens with zero attached hydrogens (tertiary/aromatic N) is 1. The summed E-state index contributed by atoms with van der Waals surface area (Å²) in [7, 11) is 0. The van der Waals surface area contributed by atoms with Crippen molar-refractivity contribution in [2.45, 2.75) is 68.3 Å². The molecule has 26 heavy (non-hydrogen) atoms. The van der Waals surface area contributed by atoms with Gasteiger partial charge in [0, 0.05) is 21.8 Å². The van der Waals surface area contributed by atoms with E-state index in [4.69, 9.17) is 16.3 Å². The Bertz CT molecular complexity index is 691. The van der Waals surface area contributed by atoms with Gasteiger partial charge < -0.3 is 9.64 Å². The molecule has 0 bridgehead atoms. The van der Waals surface area contributed by atoms with Gasteiger partial charge in [-0.15, -0.1) is 0 Å². The average Bonchev–Trinajstić information content (AvgIpc) is 2.50. The molecule has 2 aliphatic rings. The zero-order valence-electron chi connectivity index (χ0n) is 15.7. The quantitative estimate of drug-likeness (QED) is 0.411. The molecule has 1 aromatic rings. The molecule has 1 aliphatic carbocycles. The molecule has 1 saturated carbocycles. The van der Waals surface area contributed by atoms with Gasteiger partial charge in [0.1, 0.15) is 5.60 Å². The van der Waals surface area contributed by atoms with Crippen molar-refractivity contribution in [1.29, 1.82) is 0 Å². The fourth-order valence-corrected chi connectivity index (χ4v) is 4.75. The van der Waals surface area contributed by atoms with Gasteiger partial charge in [-0.3, -0.25) is 0 Å². The van der Waals surface area contributed by atoms with Crippen molar-refractivity contribution in [3.8, 4) is 0 Å². The molecule has 142 valence electrons. The van der Waals surface area contributed by atoms with Crippen molar-refractivity contribution in [1.82, 2.24) is 4.90 Å². The number of hydrogen-bond donors (Lipinski definition) is 0. The normalized spacial score (nSPS) is 25.6. The molecule has 1 heterocycles. The highest BCUT2D eigenvalue weighted by molar-refractivity contribution is 9.09. The topological polar surface area (TPSA) is 29.5 Å². The number of likely N-dealkylation sites (tertiary alicyclic amines) is 1. The van der Waals surface area contributed by atoms with Crippen LogP contribution in [0.25, 0.3) is 0 Å². The highest BCUT2D eigenvalue weighted by Gasteiger charge is 2.53. The minimum atomic E-state index is -0.513. The number of hydrogen-bond acceptors (Lipinski definition) is 2. The Morgan fingerprint density at radius 1 is 1.31 bits per heavy atom. The molecule has 3 nitrogen and oxygen atoms in total. The number of alkyl halides is 1. The van der Waals surface area contributed by atoms with Crippen molar-refractivity contribution in [3.05, 3.63) is 47.0 Å². The Morgan fingerprint density at radius 3 is 2.42 bits per heavy atom. The second kappa shape index (κ2) is 7.20. The van der Waals surface area contributed by atoms with Crippen molar-refractivity contribution in [3.63, 3.8) is 0 Å². The summed E-state index contributed by atoms with van der Waals surface area (Å²) in [5.41, 5.74) is 1.68. The number of amides is 1. The average molecular weight is 441 g/mol. The van der Waals surface area contributed by atoms with E-state index in [2.05, 4.69) is 34.6 Å². The fourth-order valence-electron chi connectivity index (χ4n) is 4.17. The smallest absolute Gasteiger partial charge is 0.410 e. The summed E-state index contributed by atoms with van der Waals surface area (Å²) >= 11 is 9.87. The molecule has 2 unspecified atom stereocenters. The van der Waals surface area contributed by atoms with Gasteiger partial charge in [0.05, 0.1) is 6.04 Å². The summed E-state index contributed by atoms with van der Waals surface area (Å²) in [6.07, 6.45) is 3.84. The highest BCUT2D eigenvalue weighted by atomic mass is 79.9. The summed E-state index contributed by atoms with van der Waals surface area (Å²) in [4.78, 5) is 15.1. The van der Waals surface area contributed by atoms with Crippen LogP contribution in [-0.4, -0.2) is 34.0 Å². The summed E-state index contributed by atoms with van der Waals surface area (Å²) in [5, 5.41) is 0.730. The van der Waals surface area contributed by atoms with Gasteiger partial charge in [0.25, 0.3) is 0 Å². The van der Waals surface area contributed by atoms with Gasteiger partial charge in [-0.2, -0.15) is 0 Å². The highest BCUT2D eigenvalue weighted by Crippen LogP contribution is 2.52. The number of halogens is 2. The minimum Gasteiger partial charge on any atom is -0.444 e. The molecule has 2 fully saturated rings. The molecule has 1 aromatic carbocycles. The fraction of sp³-hybridized carbons (Fsp3) is 0.571. The molecule has 1 saturated heterocycles. The van der Waals surface area contributed by atoms with Crippen LogP contribution >= 0.6 is 27.5 Å². The van der Waals surface area contributed by atoms with Gasteiger partial charge in [-0.25, -0.2) is 4.79 Å². The van der Waals surface area contributed by atoms with Gasteiger partial charge in [0.2, 0.25) is 0 Å². The van der Waals surface area contributed by atoms with E-state index >= 15 is 0 Å². The first-order valence-corrected chi connectivity index (χ1v) is 10.5. The lowest BCUT2D eigenvalue weighted by molar-refractivity contribution is -0.00215. The molecule has 1 aliphatic heterocycles. The monoisotopic (exact) mass is 439 g/mol. The van der Waals surface area contributed by atoms with E-state index < -0.39 is 5.60 Å². The van der Waals surface area contributed by atoms with Crippen LogP contribution in [-0.2, 0) is 10.2 Å². The van der Waals surface area contributed by atoms with Crippen molar-refractivity contribution in [2.24, 2.45) is 0 Å². The number of carbonyl (C=O) groups excluding carboxylic acids is 1. The van der Waals surface area contributed by atoms with Crippen molar-refractivity contribution >= 4 is 33.6 Å². The Balaban J connectivity index is 1.99. The van der Waals surface area contributed by atoms with E-state index in [-0.39, 0.29) is 22.4 Å². The van der Waals surface area contributed by atoms with Crippen LogP contribution in [0.3, 0.4) is 0 Å². The molecule has 1 amide bonds. The number of ether oxygens (including phenoxy) is 1. The SMILES string of the molecule is C=C1C(Br)CCN(C(=O)OC(C)(C)C)C1C1(c2ccc(Cl)cc2)CCC1. The van der Waals surface area contributed by atoms with E-state index in [1.807, 2.05) is 37.8 Å². The Hall–Kier alpha value is -1.00. The largest absolute Gasteiger partial charge is 0.444 e. The van der Waals surface area contributed by atoms with Crippen LogP contribution in [0.5, 0.6) is 0 Å². The number of rotatable bonds is 2. The van der Waals surface area contributed by atoms with Crippen molar-refractivity contribution < 1.29 is 9.53 Å². The Kier molecular flexibility index (Phi) is 5.47. The summed E-state index contributed by atoms with van der Waals surface area (Å²) in [6, 6.07) is 8.00. The van der Waals surface area contributed by atoms with E-state index in [9.17, 15) is 4.79 Å². The first-order chi connectivity index (χ1) is 12.1. The van der Waals surface area contributed by atoms with Crippen LogP contribution in [0, 0.1) is 0 Å². The lowest BCUT2D eigenvalue weighted by atomic mass is 9.57. The molecule has 0 spiro atoms. The van der Waals surface area contributed by atoms with Crippen LogP contribution < -0.4 is 0 Å². The lowest BCUT2D eigenvalue weighted by Gasteiger charge is -2.55. The van der Waals surface area contributed by atoms with Gasteiger partial charge >= 0.3 is 6.09 Å². The Labute approximate surface area is 169 Å². The van der Waals surface area contributed by atoms with Crippen LogP contribution in [0.4, 0.5) is 4.79 Å². The van der Waals surface area contributed by atoms with Crippen LogP contribution in [0.1, 0.15) is 52.0 Å². The van der Waals surface area contributed by atoms with Gasteiger partial charge in [-0.1, -0.05) is 52.7 Å². The predicted octanol–water partition coefficient (Wildman–Crippen LogP) is 6.09. The van der Waals surface area contributed by atoms with Gasteiger partial charge in [-0.05, 0) is 63.3 Å². The van der Waals surface area contributed by atoms with Crippen molar-refractivity contribution in [2.75, 3.05) is 6.54 Å². The Morgan fingerprint density at radius 2 is 1.92 bits per heavy atom. The molecular formula is C21H27BrClNO2. The van der Waals surface area contributed by atoms with E-state index in [1.54, 1.807) is 0 Å². The lowest BCUT2D eigenvalue weighted by Crippen LogP contribution is -2.61. The second-order valence-corrected chi connectivity index (χ2v) is 9.97.